The van der Waals surface area contributed by atoms with E-state index in [1.165, 1.54) is 18.4 Å². The van der Waals surface area contributed by atoms with Gasteiger partial charge in [-0.15, -0.1) is 32.6 Å². The van der Waals surface area contributed by atoms with E-state index in [1.54, 1.807) is 6.08 Å². The van der Waals surface area contributed by atoms with Crippen LogP contribution in [0, 0.1) is 19.8 Å². The zero-order valence-electron chi connectivity index (χ0n) is 18.1. The Labute approximate surface area is 173 Å². The van der Waals surface area contributed by atoms with Crippen LogP contribution in [0.2, 0.25) is 0 Å². The molecule has 0 unspecified atom stereocenters. The van der Waals surface area contributed by atoms with Crippen LogP contribution >= 0.6 is 0 Å². The maximum absolute atomic E-state index is 4.00. The summed E-state index contributed by atoms with van der Waals surface area (Å²) in [5, 5.41) is 0. The lowest BCUT2D eigenvalue weighted by Gasteiger charge is -1.82. The number of hydrogen-bond donors (Lipinski definition) is 0. The fraction of sp³-hybridized carbons (Fsp3) is 0.333. The third kappa shape index (κ3) is 69.6. The van der Waals surface area contributed by atoms with Gasteiger partial charge in [-0.1, -0.05) is 126 Å². The van der Waals surface area contributed by atoms with Gasteiger partial charge in [0, 0.05) is 0 Å². The summed E-state index contributed by atoms with van der Waals surface area (Å²) in [7, 11) is 0. The molecule has 2 aromatic rings. The average Bonchev–Trinajstić information content (AvgIpc) is 2.75. The number of hydrogen-bond acceptors (Lipinski definition) is 0. The van der Waals surface area contributed by atoms with Gasteiger partial charge in [-0.05, 0) is 13.8 Å². The van der Waals surface area contributed by atoms with E-state index in [1.807, 2.05) is 75.4 Å². The Kier molecular flexibility index (Phi) is 82.8. The van der Waals surface area contributed by atoms with Crippen LogP contribution in [0.3, 0.4) is 0 Å². The standard InChI is InChI=1S/C7H8.C6H6.C4H10.C3H6.C2H6.C2H4.C2H2.CH4/c1-7-5-3-2-4-6-7;1-2-4-6-5-3-1;1-3-4-2;1-3-2;3*1-2;/h2-6H,1H3;1-6H;3-4H2,1-2H3;3H,1H2,2H3;1-2H3;1-2H2;1-2H;1H4. The van der Waals surface area contributed by atoms with Crippen molar-refractivity contribution in [3.05, 3.63) is 98.1 Å². The van der Waals surface area contributed by atoms with E-state index in [-0.39, 0.29) is 7.43 Å². The second-order valence-corrected chi connectivity index (χ2v) is 4.22. The van der Waals surface area contributed by atoms with Gasteiger partial charge in [-0.2, -0.15) is 0 Å². The number of rotatable bonds is 1. The topological polar surface area (TPSA) is 0 Å². The van der Waals surface area contributed by atoms with Crippen LogP contribution in [0.5, 0.6) is 0 Å². The number of unbranched alkanes of at least 4 members (excludes halogenated alkanes) is 1. The molecule has 0 amide bonds. The predicted molar refractivity (Wildman–Crippen MR) is 133 cm³/mol. The summed E-state index contributed by atoms with van der Waals surface area (Å²) < 4.78 is 0. The molecule has 0 nitrogen and oxygen atoms in total. The zero-order chi connectivity index (χ0) is 21.5. The van der Waals surface area contributed by atoms with Crippen molar-refractivity contribution in [2.24, 2.45) is 0 Å². The number of aryl methyl sites for hydroxylation is 1. The van der Waals surface area contributed by atoms with Gasteiger partial charge in [0.25, 0.3) is 0 Å². The Balaban J connectivity index is -0.0000000509. The second-order valence-electron chi connectivity index (χ2n) is 4.22. The van der Waals surface area contributed by atoms with E-state index in [2.05, 4.69) is 65.5 Å². The first-order valence-electron chi connectivity index (χ1n) is 9.14. The SMILES string of the molecule is C.C#C.C=C.C=CC.CC.CCCC.Cc1ccccc1.c1ccccc1. The van der Waals surface area contributed by atoms with Crippen LogP contribution < -0.4 is 0 Å². The molecule has 0 saturated carbocycles. The van der Waals surface area contributed by atoms with Crippen molar-refractivity contribution in [2.45, 2.75) is 61.8 Å². The van der Waals surface area contributed by atoms with E-state index in [0.717, 1.165) is 0 Å². The smallest absolute Gasteiger partial charge is 0.0398 e. The van der Waals surface area contributed by atoms with Gasteiger partial charge < -0.3 is 0 Å². The lowest BCUT2D eigenvalue weighted by molar-refractivity contribution is 0.886. The van der Waals surface area contributed by atoms with E-state index >= 15 is 0 Å². The molecule has 0 fully saturated rings. The Hall–Kier alpha value is -2.52. The highest BCUT2D eigenvalue weighted by atomic mass is 13.8. The molecule has 0 bridgehead atoms. The summed E-state index contributed by atoms with van der Waals surface area (Å²) in [6.45, 7) is 21.7. The Morgan fingerprint density at radius 2 is 0.926 bits per heavy atom. The van der Waals surface area contributed by atoms with Gasteiger partial charge >= 0.3 is 0 Å². The van der Waals surface area contributed by atoms with Crippen LogP contribution in [-0.4, -0.2) is 0 Å². The predicted octanol–water partition coefficient (Wildman–Crippen LogP) is 9.39. The molecule has 0 heteroatoms. The van der Waals surface area contributed by atoms with Gasteiger partial charge in [0.2, 0.25) is 0 Å². The van der Waals surface area contributed by atoms with E-state index in [0.29, 0.717) is 0 Å². The highest BCUT2D eigenvalue weighted by Gasteiger charge is 1.72. The fourth-order valence-electron chi connectivity index (χ4n) is 0.919. The average molecular weight is 371 g/mol. The maximum Gasteiger partial charge on any atom is -0.0398 e. The Morgan fingerprint density at radius 3 is 1.04 bits per heavy atom. The third-order valence-corrected chi connectivity index (χ3v) is 2.11. The summed E-state index contributed by atoms with van der Waals surface area (Å²) >= 11 is 0. The van der Waals surface area contributed by atoms with Crippen molar-refractivity contribution in [3.8, 4) is 12.8 Å². The van der Waals surface area contributed by atoms with Crippen molar-refractivity contribution < 1.29 is 0 Å². The molecule has 0 heterocycles. The first-order chi connectivity index (χ1) is 12.7. The molecule has 0 aromatic heterocycles. The number of benzene rings is 2. The van der Waals surface area contributed by atoms with Crippen LogP contribution in [-0.2, 0) is 0 Å². The number of terminal acetylenes is 1. The fourth-order valence-corrected chi connectivity index (χ4v) is 0.919. The largest absolute Gasteiger partial charge is 0.124 e. The van der Waals surface area contributed by atoms with E-state index in [4.69, 9.17) is 0 Å². The molecule has 2 aromatic carbocycles. The van der Waals surface area contributed by atoms with Gasteiger partial charge in [-0.3, -0.25) is 0 Å². The normalized spacial score (nSPS) is 6.07. The van der Waals surface area contributed by atoms with Crippen molar-refractivity contribution in [1.82, 2.24) is 0 Å². The molecule has 0 saturated heterocycles. The van der Waals surface area contributed by atoms with Crippen LogP contribution in [0.4, 0.5) is 0 Å². The molecule has 0 N–H and O–H groups in total. The minimum atomic E-state index is 0. The molecule has 0 aliphatic carbocycles. The van der Waals surface area contributed by atoms with Gasteiger partial charge in [0.05, 0.1) is 0 Å². The zero-order valence-corrected chi connectivity index (χ0v) is 18.1. The van der Waals surface area contributed by atoms with Crippen LogP contribution in [0.25, 0.3) is 0 Å². The summed E-state index contributed by atoms with van der Waals surface area (Å²) in [5.74, 6) is 0. The molecule has 0 aliphatic rings. The van der Waals surface area contributed by atoms with Crippen molar-refractivity contribution in [3.63, 3.8) is 0 Å². The van der Waals surface area contributed by atoms with Crippen molar-refractivity contribution >= 4 is 0 Å². The third-order valence-electron chi connectivity index (χ3n) is 2.11. The molecule has 0 aliphatic heterocycles. The maximum atomic E-state index is 4.00. The first-order valence-corrected chi connectivity index (χ1v) is 9.14. The van der Waals surface area contributed by atoms with E-state index < -0.39 is 0 Å². The Bertz CT molecular complexity index is 383. The molecule has 0 atom stereocenters. The second kappa shape index (κ2) is 56.6. The molecular weight excluding hydrogens is 324 g/mol. The Morgan fingerprint density at radius 1 is 0.741 bits per heavy atom. The lowest BCUT2D eigenvalue weighted by Crippen LogP contribution is -1.62. The monoisotopic (exact) mass is 370 g/mol. The van der Waals surface area contributed by atoms with Gasteiger partial charge in [0.15, 0.2) is 0 Å². The van der Waals surface area contributed by atoms with E-state index in [9.17, 15) is 0 Å². The molecule has 27 heavy (non-hydrogen) atoms. The van der Waals surface area contributed by atoms with Crippen molar-refractivity contribution in [1.29, 1.82) is 0 Å². The summed E-state index contributed by atoms with van der Waals surface area (Å²) in [6.07, 6.45) is 12.4. The number of allylic oxidation sites excluding steroid dienone is 1. The van der Waals surface area contributed by atoms with Gasteiger partial charge in [-0.25, -0.2) is 0 Å². The summed E-state index contributed by atoms with van der Waals surface area (Å²) in [6, 6.07) is 22.3. The lowest BCUT2D eigenvalue weighted by atomic mass is 10.2. The quantitative estimate of drug-likeness (QED) is 0.346. The van der Waals surface area contributed by atoms with Crippen molar-refractivity contribution in [2.75, 3.05) is 0 Å². The summed E-state index contributed by atoms with van der Waals surface area (Å²) in [5.41, 5.74) is 1.32. The molecule has 0 radical (unpaired) electrons. The molecule has 154 valence electrons. The van der Waals surface area contributed by atoms with Crippen LogP contribution in [0.1, 0.15) is 60.5 Å². The molecule has 2 rings (SSSR count). The summed E-state index contributed by atoms with van der Waals surface area (Å²) in [4.78, 5) is 0. The molecular formula is C27H46. The minimum absolute atomic E-state index is 0. The minimum Gasteiger partial charge on any atom is -0.124 e. The highest BCUT2D eigenvalue weighted by molar-refractivity contribution is 5.11. The first kappa shape index (κ1) is 39.5. The molecule has 0 spiro atoms. The van der Waals surface area contributed by atoms with Crippen LogP contribution in [0.15, 0.2) is 92.5 Å². The van der Waals surface area contributed by atoms with Gasteiger partial charge in [0.1, 0.15) is 0 Å². The highest BCUT2D eigenvalue weighted by Crippen LogP contribution is 1.92.